The van der Waals surface area contributed by atoms with E-state index < -0.39 is 0 Å². The molecule has 0 fully saturated rings. The summed E-state index contributed by atoms with van der Waals surface area (Å²) in [5.74, 6) is 1.49. The quantitative estimate of drug-likeness (QED) is 0.744. The summed E-state index contributed by atoms with van der Waals surface area (Å²) in [5.41, 5.74) is 0. The van der Waals surface area contributed by atoms with Crippen molar-refractivity contribution in [2.45, 2.75) is 13.8 Å². The first-order chi connectivity index (χ1) is 7.13. The van der Waals surface area contributed by atoms with Gasteiger partial charge >= 0.3 is 0 Å². The molecule has 1 aromatic rings. The second-order valence-electron chi connectivity index (χ2n) is 3.59. The molecule has 0 heterocycles. The van der Waals surface area contributed by atoms with Gasteiger partial charge in [-0.05, 0) is 12.1 Å². The van der Waals surface area contributed by atoms with Gasteiger partial charge in [0.1, 0.15) is 18.1 Å². The fraction of sp³-hybridized carbons (Fsp3) is 0.417. The van der Waals surface area contributed by atoms with Crippen LogP contribution in [-0.4, -0.2) is 19.5 Å². The maximum atomic E-state index is 11.3. The molecule has 0 radical (unpaired) electrons. The van der Waals surface area contributed by atoms with Gasteiger partial charge in [-0.15, -0.1) is 0 Å². The Balaban J connectivity index is 2.54. The maximum absolute atomic E-state index is 11.3. The van der Waals surface area contributed by atoms with Gasteiger partial charge in [0.2, 0.25) is 0 Å². The Morgan fingerprint density at radius 1 is 1.33 bits per heavy atom. The van der Waals surface area contributed by atoms with Gasteiger partial charge < -0.3 is 9.47 Å². The summed E-state index contributed by atoms with van der Waals surface area (Å²) >= 11 is 0. The van der Waals surface area contributed by atoms with Gasteiger partial charge in [-0.1, -0.05) is 19.9 Å². The Morgan fingerprint density at radius 3 is 2.60 bits per heavy atom. The van der Waals surface area contributed by atoms with Crippen molar-refractivity contribution in [3.05, 3.63) is 24.3 Å². The minimum absolute atomic E-state index is 0.00982. The molecule has 82 valence electrons. The molecule has 3 nitrogen and oxygen atoms in total. The lowest BCUT2D eigenvalue weighted by molar-refractivity contribution is -0.123. The molecule has 0 saturated carbocycles. The molecular formula is C12H16O3. The summed E-state index contributed by atoms with van der Waals surface area (Å²) in [5, 5.41) is 0. The first-order valence-corrected chi connectivity index (χ1v) is 4.93. The molecule has 0 N–H and O–H groups in total. The summed E-state index contributed by atoms with van der Waals surface area (Å²) in [6.45, 7) is 3.83. The third-order valence-electron chi connectivity index (χ3n) is 2.07. The molecule has 0 amide bonds. The largest absolute Gasteiger partial charge is 0.497 e. The van der Waals surface area contributed by atoms with Crippen molar-refractivity contribution in [1.29, 1.82) is 0 Å². The SMILES string of the molecule is COc1cccc(OCC(=O)C(C)C)c1. The van der Waals surface area contributed by atoms with Gasteiger partial charge in [-0.3, -0.25) is 4.79 Å². The standard InChI is InChI=1S/C12H16O3/c1-9(2)12(13)8-15-11-6-4-5-10(7-11)14-3/h4-7,9H,8H2,1-3H3. The number of carbonyl (C=O) groups excluding carboxylic acids is 1. The topological polar surface area (TPSA) is 35.5 Å². The third-order valence-corrected chi connectivity index (χ3v) is 2.07. The van der Waals surface area contributed by atoms with E-state index in [1.807, 2.05) is 26.0 Å². The van der Waals surface area contributed by atoms with Crippen LogP contribution in [0, 0.1) is 5.92 Å². The van der Waals surface area contributed by atoms with Crippen molar-refractivity contribution in [2.24, 2.45) is 5.92 Å². The molecule has 3 heteroatoms. The van der Waals surface area contributed by atoms with E-state index in [0.29, 0.717) is 5.75 Å². The molecule has 0 atom stereocenters. The van der Waals surface area contributed by atoms with Crippen molar-refractivity contribution in [1.82, 2.24) is 0 Å². The lowest BCUT2D eigenvalue weighted by atomic mass is 10.1. The van der Waals surface area contributed by atoms with E-state index in [2.05, 4.69) is 0 Å². The van der Waals surface area contributed by atoms with Gasteiger partial charge in [0.05, 0.1) is 7.11 Å². The number of rotatable bonds is 5. The first kappa shape index (κ1) is 11.6. The fourth-order valence-corrected chi connectivity index (χ4v) is 1.01. The molecule has 0 saturated heterocycles. The Hall–Kier alpha value is -1.51. The zero-order valence-corrected chi connectivity index (χ0v) is 9.32. The highest BCUT2D eigenvalue weighted by atomic mass is 16.5. The second kappa shape index (κ2) is 5.39. The number of Topliss-reactive ketones (excluding diaryl/α,β-unsaturated/α-hetero) is 1. The Labute approximate surface area is 90.0 Å². The van der Waals surface area contributed by atoms with Crippen LogP contribution in [0.5, 0.6) is 11.5 Å². The minimum atomic E-state index is 0.00982. The second-order valence-corrected chi connectivity index (χ2v) is 3.59. The molecule has 1 rings (SSSR count). The van der Waals surface area contributed by atoms with E-state index in [9.17, 15) is 4.79 Å². The van der Waals surface area contributed by atoms with E-state index in [1.54, 1.807) is 19.2 Å². The van der Waals surface area contributed by atoms with E-state index >= 15 is 0 Å². The predicted molar refractivity (Wildman–Crippen MR) is 58.3 cm³/mol. The lowest BCUT2D eigenvalue weighted by Crippen LogP contribution is -2.16. The molecule has 0 bridgehead atoms. The fourth-order valence-electron chi connectivity index (χ4n) is 1.01. The number of benzene rings is 1. The van der Waals surface area contributed by atoms with E-state index in [0.717, 1.165) is 5.75 Å². The normalized spacial score (nSPS) is 10.1. The highest BCUT2D eigenvalue weighted by molar-refractivity contribution is 5.81. The number of hydrogen-bond donors (Lipinski definition) is 0. The molecule has 0 aliphatic heterocycles. The highest BCUT2D eigenvalue weighted by Crippen LogP contribution is 2.18. The molecule has 0 unspecified atom stereocenters. The van der Waals surface area contributed by atoms with Gasteiger partial charge in [-0.25, -0.2) is 0 Å². The summed E-state index contributed by atoms with van der Waals surface area (Å²) in [4.78, 5) is 11.3. The number of ether oxygens (including phenoxy) is 2. The van der Waals surface area contributed by atoms with Crippen LogP contribution in [0.1, 0.15) is 13.8 Å². The molecule has 1 aromatic carbocycles. The van der Waals surface area contributed by atoms with Crippen LogP contribution < -0.4 is 9.47 Å². The highest BCUT2D eigenvalue weighted by Gasteiger charge is 2.07. The predicted octanol–water partition coefficient (Wildman–Crippen LogP) is 2.30. The number of carbonyl (C=O) groups is 1. The Kier molecular flexibility index (Phi) is 4.16. The average molecular weight is 208 g/mol. The first-order valence-electron chi connectivity index (χ1n) is 4.93. The number of methoxy groups -OCH3 is 1. The maximum Gasteiger partial charge on any atom is 0.172 e. The minimum Gasteiger partial charge on any atom is -0.497 e. The van der Waals surface area contributed by atoms with Crippen molar-refractivity contribution in [3.8, 4) is 11.5 Å². The monoisotopic (exact) mass is 208 g/mol. The molecule has 15 heavy (non-hydrogen) atoms. The summed E-state index contributed by atoms with van der Waals surface area (Å²) in [7, 11) is 1.60. The molecule has 0 aromatic heterocycles. The van der Waals surface area contributed by atoms with Crippen LogP contribution in [0.3, 0.4) is 0 Å². The summed E-state index contributed by atoms with van der Waals surface area (Å²) < 4.78 is 10.4. The third kappa shape index (κ3) is 3.62. The number of ketones is 1. The summed E-state index contributed by atoms with van der Waals surface area (Å²) in [6.07, 6.45) is 0. The van der Waals surface area contributed by atoms with Crippen molar-refractivity contribution in [2.75, 3.05) is 13.7 Å². The van der Waals surface area contributed by atoms with E-state index in [-0.39, 0.29) is 18.3 Å². The Bertz CT molecular complexity index is 331. The van der Waals surface area contributed by atoms with Gasteiger partial charge in [0, 0.05) is 12.0 Å². The number of hydrogen-bond acceptors (Lipinski definition) is 3. The molecular weight excluding hydrogens is 192 g/mol. The van der Waals surface area contributed by atoms with E-state index in [1.165, 1.54) is 0 Å². The van der Waals surface area contributed by atoms with Crippen LogP contribution >= 0.6 is 0 Å². The Morgan fingerprint density at radius 2 is 2.00 bits per heavy atom. The van der Waals surface area contributed by atoms with Crippen LogP contribution in [0.25, 0.3) is 0 Å². The van der Waals surface area contributed by atoms with Crippen molar-refractivity contribution < 1.29 is 14.3 Å². The van der Waals surface area contributed by atoms with Crippen molar-refractivity contribution >= 4 is 5.78 Å². The lowest BCUT2D eigenvalue weighted by Gasteiger charge is -2.08. The van der Waals surface area contributed by atoms with Crippen LogP contribution in [0.2, 0.25) is 0 Å². The van der Waals surface area contributed by atoms with E-state index in [4.69, 9.17) is 9.47 Å². The van der Waals surface area contributed by atoms with Crippen LogP contribution in [0.4, 0.5) is 0 Å². The smallest absolute Gasteiger partial charge is 0.172 e. The molecule has 0 aliphatic rings. The van der Waals surface area contributed by atoms with Crippen molar-refractivity contribution in [3.63, 3.8) is 0 Å². The van der Waals surface area contributed by atoms with Crippen LogP contribution in [0.15, 0.2) is 24.3 Å². The zero-order chi connectivity index (χ0) is 11.3. The average Bonchev–Trinajstić information content (AvgIpc) is 2.26. The molecule has 0 spiro atoms. The van der Waals surface area contributed by atoms with Crippen LogP contribution in [-0.2, 0) is 4.79 Å². The van der Waals surface area contributed by atoms with Gasteiger partial charge in [0.25, 0.3) is 0 Å². The van der Waals surface area contributed by atoms with Gasteiger partial charge in [-0.2, -0.15) is 0 Å². The summed E-state index contributed by atoms with van der Waals surface area (Å²) in [6, 6.07) is 7.22. The van der Waals surface area contributed by atoms with Gasteiger partial charge in [0.15, 0.2) is 5.78 Å². The zero-order valence-electron chi connectivity index (χ0n) is 9.32. The molecule has 0 aliphatic carbocycles.